The molecular formula is C16H20O4. The van der Waals surface area contributed by atoms with Gasteiger partial charge in [0, 0.05) is 11.0 Å². The number of carbonyl (C=O) groups is 1. The van der Waals surface area contributed by atoms with Gasteiger partial charge in [0.2, 0.25) is 11.5 Å². The Morgan fingerprint density at radius 1 is 1.00 bits per heavy atom. The lowest BCUT2D eigenvalue weighted by atomic mass is 9.91. The highest BCUT2D eigenvalue weighted by Gasteiger charge is 2.19. The molecule has 108 valence electrons. The fourth-order valence-corrected chi connectivity index (χ4v) is 1.47. The van der Waals surface area contributed by atoms with Gasteiger partial charge < -0.3 is 14.2 Å². The van der Waals surface area contributed by atoms with Crippen molar-refractivity contribution < 1.29 is 19.0 Å². The summed E-state index contributed by atoms with van der Waals surface area (Å²) >= 11 is 0. The minimum absolute atomic E-state index is 0.119. The largest absolute Gasteiger partial charge is 0.493 e. The Morgan fingerprint density at radius 2 is 1.50 bits per heavy atom. The monoisotopic (exact) mass is 276 g/mol. The highest BCUT2D eigenvalue weighted by molar-refractivity contribution is 5.99. The van der Waals surface area contributed by atoms with Crippen LogP contribution in [-0.4, -0.2) is 27.1 Å². The van der Waals surface area contributed by atoms with Crippen LogP contribution < -0.4 is 14.2 Å². The third-order valence-corrected chi connectivity index (χ3v) is 2.67. The number of benzene rings is 1. The maximum atomic E-state index is 11.8. The van der Waals surface area contributed by atoms with Gasteiger partial charge in [-0.05, 0) is 18.1 Å². The van der Waals surface area contributed by atoms with Crippen LogP contribution in [0.4, 0.5) is 0 Å². The van der Waals surface area contributed by atoms with Crippen LogP contribution in [-0.2, 0) is 4.79 Å². The number of hydrogen-bond acceptors (Lipinski definition) is 4. The number of ketones is 1. The lowest BCUT2D eigenvalue weighted by molar-refractivity contribution is -0.120. The van der Waals surface area contributed by atoms with Crippen LogP contribution in [0.25, 0.3) is 0 Å². The van der Waals surface area contributed by atoms with Crippen LogP contribution in [0.1, 0.15) is 26.3 Å². The third-order valence-electron chi connectivity index (χ3n) is 2.67. The predicted molar refractivity (Wildman–Crippen MR) is 77.4 cm³/mol. The Morgan fingerprint density at radius 3 is 1.85 bits per heavy atom. The van der Waals surface area contributed by atoms with Gasteiger partial charge in [-0.2, -0.15) is 0 Å². The maximum Gasteiger partial charge on any atom is 0.211 e. The summed E-state index contributed by atoms with van der Waals surface area (Å²) in [6.07, 6.45) is 0. The lowest BCUT2D eigenvalue weighted by Gasteiger charge is -2.12. The molecule has 0 radical (unpaired) electrons. The summed E-state index contributed by atoms with van der Waals surface area (Å²) in [5.74, 6) is 6.88. The molecule has 0 atom stereocenters. The summed E-state index contributed by atoms with van der Waals surface area (Å²) < 4.78 is 15.7. The molecule has 0 spiro atoms. The molecule has 1 aromatic rings. The minimum atomic E-state index is -0.479. The van der Waals surface area contributed by atoms with Gasteiger partial charge >= 0.3 is 0 Å². The Kier molecular flexibility index (Phi) is 5.04. The van der Waals surface area contributed by atoms with Crippen LogP contribution in [0.15, 0.2) is 12.1 Å². The fraction of sp³-hybridized carbons (Fsp3) is 0.438. The molecule has 4 heteroatoms. The SMILES string of the molecule is COc1cc(C#CC(=O)C(C)(C)C)cc(OC)c1OC. The number of Topliss-reactive ketones (excluding diaryl/α,β-unsaturated/α-hetero) is 1. The summed E-state index contributed by atoms with van der Waals surface area (Å²) in [6, 6.07) is 3.43. The van der Waals surface area contributed by atoms with Crippen LogP contribution in [0, 0.1) is 17.3 Å². The van der Waals surface area contributed by atoms with Crippen LogP contribution in [0.2, 0.25) is 0 Å². The summed E-state index contributed by atoms with van der Waals surface area (Å²) in [6.45, 7) is 5.50. The molecule has 0 saturated heterocycles. The van der Waals surface area contributed by atoms with E-state index in [0.717, 1.165) is 0 Å². The molecule has 0 bridgehead atoms. The predicted octanol–water partition coefficient (Wildman–Crippen LogP) is 2.68. The van der Waals surface area contributed by atoms with Gasteiger partial charge in [0.05, 0.1) is 21.3 Å². The molecule has 1 aromatic carbocycles. The minimum Gasteiger partial charge on any atom is -0.493 e. The molecule has 0 aromatic heterocycles. The van der Waals surface area contributed by atoms with E-state index < -0.39 is 5.41 Å². The van der Waals surface area contributed by atoms with Gasteiger partial charge in [0.15, 0.2) is 11.5 Å². The number of ether oxygens (including phenoxy) is 3. The van der Waals surface area contributed by atoms with E-state index in [1.54, 1.807) is 12.1 Å². The average molecular weight is 276 g/mol. The summed E-state index contributed by atoms with van der Waals surface area (Å²) in [5, 5.41) is 0. The van der Waals surface area contributed by atoms with Crippen molar-refractivity contribution in [2.45, 2.75) is 20.8 Å². The van der Waals surface area contributed by atoms with E-state index in [9.17, 15) is 4.79 Å². The van der Waals surface area contributed by atoms with Crippen molar-refractivity contribution in [3.63, 3.8) is 0 Å². The molecule has 4 nitrogen and oxygen atoms in total. The maximum absolute atomic E-state index is 11.8. The molecule has 1 rings (SSSR count). The van der Waals surface area contributed by atoms with E-state index >= 15 is 0 Å². The van der Waals surface area contributed by atoms with E-state index in [-0.39, 0.29) is 5.78 Å². The molecule has 0 aliphatic rings. The van der Waals surface area contributed by atoms with E-state index in [2.05, 4.69) is 11.8 Å². The highest BCUT2D eigenvalue weighted by Crippen LogP contribution is 2.37. The molecule has 0 unspecified atom stereocenters. The topological polar surface area (TPSA) is 44.8 Å². The quantitative estimate of drug-likeness (QED) is 0.796. The van der Waals surface area contributed by atoms with Gasteiger partial charge in [-0.15, -0.1) is 0 Å². The molecule has 0 saturated carbocycles. The zero-order valence-corrected chi connectivity index (χ0v) is 12.8. The first-order valence-electron chi connectivity index (χ1n) is 6.20. The second-order valence-electron chi connectivity index (χ2n) is 5.24. The first-order chi connectivity index (χ1) is 9.33. The normalized spacial score (nSPS) is 10.3. The zero-order chi connectivity index (χ0) is 15.3. The fourth-order valence-electron chi connectivity index (χ4n) is 1.47. The Bertz CT molecular complexity index is 531. The van der Waals surface area contributed by atoms with Gasteiger partial charge in [-0.25, -0.2) is 0 Å². The van der Waals surface area contributed by atoms with Gasteiger partial charge in [-0.1, -0.05) is 26.7 Å². The van der Waals surface area contributed by atoms with E-state index in [1.807, 2.05) is 20.8 Å². The number of carbonyl (C=O) groups excluding carboxylic acids is 1. The Hall–Kier alpha value is -2.15. The first kappa shape index (κ1) is 15.9. The Labute approximate surface area is 120 Å². The second-order valence-corrected chi connectivity index (χ2v) is 5.24. The average Bonchev–Trinajstić information content (AvgIpc) is 2.42. The van der Waals surface area contributed by atoms with E-state index in [0.29, 0.717) is 22.8 Å². The molecule has 0 N–H and O–H groups in total. The molecule has 0 amide bonds. The number of rotatable bonds is 3. The molecule has 0 heterocycles. The zero-order valence-electron chi connectivity index (χ0n) is 12.8. The first-order valence-corrected chi connectivity index (χ1v) is 6.20. The van der Waals surface area contributed by atoms with Gasteiger partial charge in [0.1, 0.15) is 0 Å². The molecule has 0 aliphatic carbocycles. The Balaban J connectivity index is 3.22. The summed E-state index contributed by atoms with van der Waals surface area (Å²) in [5.41, 5.74) is 0.158. The van der Waals surface area contributed by atoms with Crippen LogP contribution >= 0.6 is 0 Å². The van der Waals surface area contributed by atoms with Crippen molar-refractivity contribution in [2.75, 3.05) is 21.3 Å². The summed E-state index contributed by atoms with van der Waals surface area (Å²) in [7, 11) is 4.61. The summed E-state index contributed by atoms with van der Waals surface area (Å²) in [4.78, 5) is 11.8. The van der Waals surface area contributed by atoms with Crippen molar-refractivity contribution >= 4 is 5.78 Å². The lowest BCUT2D eigenvalue weighted by Crippen LogP contribution is -2.17. The molecular weight excluding hydrogens is 256 g/mol. The van der Waals surface area contributed by atoms with Gasteiger partial charge in [-0.3, -0.25) is 4.79 Å². The third kappa shape index (κ3) is 3.67. The molecule has 20 heavy (non-hydrogen) atoms. The number of hydrogen-bond donors (Lipinski definition) is 0. The second kappa shape index (κ2) is 6.33. The van der Waals surface area contributed by atoms with Crippen molar-refractivity contribution in [2.24, 2.45) is 5.41 Å². The number of methoxy groups -OCH3 is 3. The van der Waals surface area contributed by atoms with Crippen molar-refractivity contribution in [3.05, 3.63) is 17.7 Å². The van der Waals surface area contributed by atoms with Crippen molar-refractivity contribution in [3.8, 4) is 29.1 Å². The smallest absolute Gasteiger partial charge is 0.211 e. The molecule has 0 fully saturated rings. The van der Waals surface area contributed by atoms with E-state index in [4.69, 9.17) is 14.2 Å². The standard InChI is InChI=1S/C16H20O4/c1-16(2,3)14(17)8-7-11-9-12(18-4)15(20-6)13(10-11)19-5/h9-10H,1-6H3. The van der Waals surface area contributed by atoms with Crippen LogP contribution in [0.3, 0.4) is 0 Å². The van der Waals surface area contributed by atoms with Crippen molar-refractivity contribution in [1.82, 2.24) is 0 Å². The van der Waals surface area contributed by atoms with Crippen LogP contribution in [0.5, 0.6) is 17.2 Å². The van der Waals surface area contributed by atoms with Crippen molar-refractivity contribution in [1.29, 1.82) is 0 Å². The van der Waals surface area contributed by atoms with Gasteiger partial charge in [0.25, 0.3) is 0 Å². The van der Waals surface area contributed by atoms with E-state index in [1.165, 1.54) is 21.3 Å². The highest BCUT2D eigenvalue weighted by atomic mass is 16.5. The molecule has 0 aliphatic heterocycles.